The zero-order chi connectivity index (χ0) is 15.4. The maximum absolute atomic E-state index is 13.7. The summed E-state index contributed by atoms with van der Waals surface area (Å²) in [7, 11) is 1.88. The van der Waals surface area contributed by atoms with Crippen molar-refractivity contribution in [2.75, 3.05) is 7.05 Å². The molecule has 1 N–H and O–H groups in total. The lowest BCUT2D eigenvalue weighted by atomic mass is 10.1. The monoisotopic (exact) mass is 327 g/mol. The van der Waals surface area contributed by atoms with Gasteiger partial charge in [0.15, 0.2) is 0 Å². The molecule has 1 unspecified atom stereocenters. The van der Waals surface area contributed by atoms with Crippen LogP contribution in [0.5, 0.6) is 5.75 Å². The van der Waals surface area contributed by atoms with Crippen molar-refractivity contribution in [3.63, 3.8) is 0 Å². The van der Waals surface area contributed by atoms with E-state index in [1.54, 1.807) is 18.2 Å². The third kappa shape index (κ3) is 4.10. The van der Waals surface area contributed by atoms with E-state index in [0.717, 1.165) is 5.56 Å². The highest BCUT2D eigenvalue weighted by Gasteiger charge is 2.09. The van der Waals surface area contributed by atoms with E-state index in [-0.39, 0.29) is 18.5 Å². The first-order valence-corrected chi connectivity index (χ1v) is 7.30. The SMILES string of the molecule is CNC(C)c1ccc(OCc2ccc(Cl)cc2F)c(Cl)c1. The predicted molar refractivity (Wildman–Crippen MR) is 84.7 cm³/mol. The second kappa shape index (κ2) is 7.12. The normalized spacial score (nSPS) is 12.2. The van der Waals surface area contributed by atoms with E-state index in [1.165, 1.54) is 6.07 Å². The summed E-state index contributed by atoms with van der Waals surface area (Å²) in [6.45, 7) is 2.14. The molecule has 0 heterocycles. The van der Waals surface area contributed by atoms with Gasteiger partial charge in [-0.05, 0) is 43.8 Å². The number of rotatable bonds is 5. The molecule has 0 bridgehead atoms. The summed E-state index contributed by atoms with van der Waals surface area (Å²) in [5.41, 5.74) is 1.50. The molecule has 0 aliphatic rings. The molecule has 0 aromatic heterocycles. The Labute approximate surface area is 133 Å². The minimum atomic E-state index is -0.390. The molecule has 0 spiro atoms. The summed E-state index contributed by atoms with van der Waals surface area (Å²) < 4.78 is 19.2. The molecule has 112 valence electrons. The Kier molecular flexibility index (Phi) is 5.45. The number of ether oxygens (including phenoxy) is 1. The van der Waals surface area contributed by atoms with Crippen molar-refractivity contribution >= 4 is 23.2 Å². The number of hydrogen-bond donors (Lipinski definition) is 1. The van der Waals surface area contributed by atoms with Crippen LogP contribution in [0.3, 0.4) is 0 Å². The molecule has 2 aromatic rings. The molecule has 5 heteroatoms. The summed E-state index contributed by atoms with van der Waals surface area (Å²) in [6.07, 6.45) is 0. The molecule has 0 saturated carbocycles. The zero-order valence-corrected chi connectivity index (χ0v) is 13.3. The fraction of sp³-hybridized carbons (Fsp3) is 0.250. The highest BCUT2D eigenvalue weighted by atomic mass is 35.5. The first kappa shape index (κ1) is 16.1. The molecule has 0 amide bonds. The van der Waals surface area contributed by atoms with Gasteiger partial charge in [-0.2, -0.15) is 0 Å². The van der Waals surface area contributed by atoms with Gasteiger partial charge in [-0.15, -0.1) is 0 Å². The van der Waals surface area contributed by atoms with Crippen molar-refractivity contribution in [2.45, 2.75) is 19.6 Å². The summed E-state index contributed by atoms with van der Waals surface area (Å²) in [5.74, 6) is 0.136. The fourth-order valence-electron chi connectivity index (χ4n) is 1.86. The van der Waals surface area contributed by atoms with Crippen LogP contribution in [0.15, 0.2) is 36.4 Å². The molecule has 2 rings (SSSR count). The molecular formula is C16H16Cl2FNO. The third-order valence-corrected chi connectivity index (χ3v) is 3.82. The molecule has 0 radical (unpaired) electrons. The van der Waals surface area contributed by atoms with E-state index in [9.17, 15) is 4.39 Å². The van der Waals surface area contributed by atoms with Crippen LogP contribution in [0.4, 0.5) is 4.39 Å². The molecule has 1 atom stereocenters. The standard InChI is InChI=1S/C16H16Cl2FNO/c1-10(20-2)11-4-6-16(14(18)7-11)21-9-12-3-5-13(17)8-15(12)19/h3-8,10,20H,9H2,1-2H3. The van der Waals surface area contributed by atoms with Crippen molar-refractivity contribution in [1.29, 1.82) is 0 Å². The number of hydrogen-bond acceptors (Lipinski definition) is 2. The maximum Gasteiger partial charge on any atom is 0.138 e. The van der Waals surface area contributed by atoms with Gasteiger partial charge in [-0.3, -0.25) is 0 Å². The fourth-order valence-corrected chi connectivity index (χ4v) is 2.27. The lowest BCUT2D eigenvalue weighted by Crippen LogP contribution is -2.12. The molecule has 0 aliphatic heterocycles. The van der Waals surface area contributed by atoms with Crippen LogP contribution in [-0.4, -0.2) is 7.05 Å². The van der Waals surface area contributed by atoms with Crippen LogP contribution in [0, 0.1) is 5.82 Å². The number of benzene rings is 2. The number of halogens is 3. The van der Waals surface area contributed by atoms with Crippen molar-refractivity contribution in [2.24, 2.45) is 0 Å². The highest BCUT2D eigenvalue weighted by Crippen LogP contribution is 2.29. The van der Waals surface area contributed by atoms with Crippen LogP contribution in [0.25, 0.3) is 0 Å². The lowest BCUT2D eigenvalue weighted by Gasteiger charge is -2.14. The molecule has 0 fully saturated rings. The lowest BCUT2D eigenvalue weighted by molar-refractivity contribution is 0.300. The Morgan fingerprint density at radius 2 is 1.95 bits per heavy atom. The van der Waals surface area contributed by atoms with Gasteiger partial charge in [0.2, 0.25) is 0 Å². The van der Waals surface area contributed by atoms with E-state index in [4.69, 9.17) is 27.9 Å². The molecule has 0 aliphatic carbocycles. The van der Waals surface area contributed by atoms with Gasteiger partial charge in [0, 0.05) is 16.6 Å². The summed E-state index contributed by atoms with van der Waals surface area (Å²) in [5, 5.41) is 4.00. The summed E-state index contributed by atoms with van der Waals surface area (Å²) >= 11 is 11.9. The van der Waals surface area contributed by atoms with Crippen LogP contribution in [-0.2, 0) is 6.61 Å². The van der Waals surface area contributed by atoms with Gasteiger partial charge in [0.25, 0.3) is 0 Å². The minimum absolute atomic E-state index is 0.101. The first-order chi connectivity index (χ1) is 10.0. The quantitative estimate of drug-likeness (QED) is 0.835. The van der Waals surface area contributed by atoms with Gasteiger partial charge >= 0.3 is 0 Å². The van der Waals surface area contributed by atoms with Crippen LogP contribution in [0.2, 0.25) is 10.0 Å². The smallest absolute Gasteiger partial charge is 0.138 e. The van der Waals surface area contributed by atoms with Crippen molar-refractivity contribution < 1.29 is 9.13 Å². The molecule has 21 heavy (non-hydrogen) atoms. The Balaban J connectivity index is 2.10. The van der Waals surface area contributed by atoms with Crippen LogP contribution in [0.1, 0.15) is 24.1 Å². The van der Waals surface area contributed by atoms with Crippen LogP contribution >= 0.6 is 23.2 Å². The Bertz CT molecular complexity index is 634. The van der Waals surface area contributed by atoms with E-state index in [1.807, 2.05) is 26.1 Å². The van der Waals surface area contributed by atoms with Gasteiger partial charge in [-0.25, -0.2) is 4.39 Å². The highest BCUT2D eigenvalue weighted by molar-refractivity contribution is 6.32. The molecular weight excluding hydrogens is 312 g/mol. The third-order valence-electron chi connectivity index (χ3n) is 3.29. The van der Waals surface area contributed by atoms with Crippen LogP contribution < -0.4 is 10.1 Å². The van der Waals surface area contributed by atoms with Crippen molar-refractivity contribution in [1.82, 2.24) is 5.32 Å². The van der Waals surface area contributed by atoms with Gasteiger partial charge in [-0.1, -0.05) is 35.3 Å². The average molecular weight is 328 g/mol. The van der Waals surface area contributed by atoms with Gasteiger partial charge < -0.3 is 10.1 Å². The Morgan fingerprint density at radius 3 is 2.57 bits per heavy atom. The van der Waals surface area contributed by atoms with Gasteiger partial charge in [0.05, 0.1) is 5.02 Å². The first-order valence-electron chi connectivity index (χ1n) is 6.54. The second-order valence-electron chi connectivity index (χ2n) is 4.72. The van der Waals surface area contributed by atoms with E-state index < -0.39 is 0 Å². The average Bonchev–Trinajstić information content (AvgIpc) is 2.46. The molecule has 2 nitrogen and oxygen atoms in total. The molecule has 2 aromatic carbocycles. The number of nitrogens with one attached hydrogen (secondary N) is 1. The van der Waals surface area contributed by atoms with E-state index in [2.05, 4.69) is 5.32 Å². The second-order valence-corrected chi connectivity index (χ2v) is 5.57. The Hall–Kier alpha value is -1.29. The predicted octanol–water partition coefficient (Wildman–Crippen LogP) is 4.99. The van der Waals surface area contributed by atoms with E-state index >= 15 is 0 Å². The maximum atomic E-state index is 13.7. The minimum Gasteiger partial charge on any atom is -0.487 e. The summed E-state index contributed by atoms with van der Waals surface area (Å²) in [6, 6.07) is 10.3. The topological polar surface area (TPSA) is 21.3 Å². The van der Waals surface area contributed by atoms with Crippen molar-refractivity contribution in [3.8, 4) is 5.75 Å². The van der Waals surface area contributed by atoms with Gasteiger partial charge in [0.1, 0.15) is 18.2 Å². The molecule has 0 saturated heterocycles. The van der Waals surface area contributed by atoms with E-state index in [0.29, 0.717) is 21.4 Å². The largest absolute Gasteiger partial charge is 0.487 e. The van der Waals surface area contributed by atoms with Crippen molar-refractivity contribution in [3.05, 3.63) is 63.4 Å². The zero-order valence-electron chi connectivity index (χ0n) is 11.8. The Morgan fingerprint density at radius 1 is 1.19 bits per heavy atom. The summed E-state index contributed by atoms with van der Waals surface area (Å²) in [4.78, 5) is 0.